The third-order valence-corrected chi connectivity index (χ3v) is 3.13. The first-order valence-electron chi connectivity index (χ1n) is 6.30. The molecule has 0 aliphatic rings. The van der Waals surface area contributed by atoms with Crippen molar-refractivity contribution in [3.05, 3.63) is 72.3 Å². The first-order valence-corrected chi connectivity index (χ1v) is 6.30. The Hall–Kier alpha value is -2.81. The van der Waals surface area contributed by atoms with Crippen molar-refractivity contribution in [1.82, 2.24) is 0 Å². The van der Waals surface area contributed by atoms with Crippen molar-refractivity contribution in [2.75, 3.05) is 5.73 Å². The second-order valence-corrected chi connectivity index (χ2v) is 4.45. The second-order valence-electron chi connectivity index (χ2n) is 4.45. The maximum atomic E-state index is 12.3. The van der Waals surface area contributed by atoms with Gasteiger partial charge in [0, 0.05) is 11.1 Å². The van der Waals surface area contributed by atoms with Crippen molar-refractivity contribution in [3.8, 4) is 5.75 Å². The summed E-state index contributed by atoms with van der Waals surface area (Å²) < 4.78 is 5.37. The number of fused-ring (bicyclic) bond motifs is 1. The van der Waals surface area contributed by atoms with Gasteiger partial charge in [0.1, 0.15) is 5.75 Å². The molecule has 0 amide bonds. The molecule has 0 aliphatic heterocycles. The molecule has 0 spiro atoms. The van der Waals surface area contributed by atoms with Gasteiger partial charge in [0.15, 0.2) is 0 Å². The summed E-state index contributed by atoms with van der Waals surface area (Å²) in [5.41, 5.74) is 7.09. The summed E-state index contributed by atoms with van der Waals surface area (Å²) >= 11 is 0. The smallest absolute Gasteiger partial charge is 0.344 e. The number of esters is 1. The van der Waals surface area contributed by atoms with Gasteiger partial charge in [-0.15, -0.1) is 0 Å². The summed E-state index contributed by atoms with van der Waals surface area (Å²) in [4.78, 5) is 12.3. The second kappa shape index (κ2) is 5.05. The summed E-state index contributed by atoms with van der Waals surface area (Å²) in [5, 5.41) is 1.66. The molecule has 20 heavy (non-hydrogen) atoms. The molecular formula is C17H13NO2. The van der Waals surface area contributed by atoms with E-state index in [-0.39, 0.29) is 5.97 Å². The maximum Gasteiger partial charge on any atom is 0.344 e. The fourth-order valence-electron chi connectivity index (χ4n) is 2.15. The maximum absolute atomic E-state index is 12.3. The Morgan fingerprint density at radius 2 is 1.45 bits per heavy atom. The fourth-order valence-corrected chi connectivity index (χ4v) is 2.15. The zero-order valence-electron chi connectivity index (χ0n) is 10.7. The van der Waals surface area contributed by atoms with Crippen molar-refractivity contribution < 1.29 is 9.53 Å². The van der Waals surface area contributed by atoms with Gasteiger partial charge in [-0.05, 0) is 29.7 Å². The highest BCUT2D eigenvalue weighted by molar-refractivity contribution is 6.08. The summed E-state index contributed by atoms with van der Waals surface area (Å²) in [6.45, 7) is 0. The van der Waals surface area contributed by atoms with Crippen LogP contribution in [-0.4, -0.2) is 5.97 Å². The van der Waals surface area contributed by atoms with Crippen molar-refractivity contribution in [3.63, 3.8) is 0 Å². The molecule has 0 bridgehead atoms. The number of nitrogens with two attached hydrogens (primary N) is 1. The lowest BCUT2D eigenvalue weighted by Crippen LogP contribution is -2.09. The van der Waals surface area contributed by atoms with Crippen LogP contribution in [0.15, 0.2) is 66.7 Å². The van der Waals surface area contributed by atoms with Crippen LogP contribution >= 0.6 is 0 Å². The van der Waals surface area contributed by atoms with Gasteiger partial charge >= 0.3 is 5.97 Å². The SMILES string of the molecule is Nc1ccc(C(=O)Oc2ccccc2)c2ccccc12. The van der Waals surface area contributed by atoms with Crippen LogP contribution in [0.3, 0.4) is 0 Å². The van der Waals surface area contributed by atoms with E-state index in [2.05, 4.69) is 0 Å². The molecule has 3 nitrogen and oxygen atoms in total. The van der Waals surface area contributed by atoms with E-state index in [1.165, 1.54) is 0 Å². The summed E-state index contributed by atoms with van der Waals surface area (Å²) in [6, 6.07) is 20.0. The topological polar surface area (TPSA) is 52.3 Å². The first kappa shape index (κ1) is 12.2. The van der Waals surface area contributed by atoms with Crippen molar-refractivity contribution >= 4 is 22.4 Å². The third-order valence-electron chi connectivity index (χ3n) is 3.13. The molecule has 3 aromatic rings. The number of para-hydroxylation sites is 1. The van der Waals surface area contributed by atoms with E-state index in [9.17, 15) is 4.79 Å². The van der Waals surface area contributed by atoms with E-state index in [0.717, 1.165) is 10.8 Å². The highest BCUT2D eigenvalue weighted by atomic mass is 16.5. The molecule has 0 radical (unpaired) electrons. The number of rotatable bonds is 2. The Kier molecular flexibility index (Phi) is 3.09. The van der Waals surface area contributed by atoms with Crippen molar-refractivity contribution in [2.24, 2.45) is 0 Å². The highest BCUT2D eigenvalue weighted by Crippen LogP contribution is 2.25. The van der Waals surface area contributed by atoms with E-state index in [0.29, 0.717) is 17.0 Å². The Balaban J connectivity index is 2.02. The molecular weight excluding hydrogens is 250 g/mol. The Bertz CT molecular complexity index is 766. The molecule has 0 aromatic heterocycles. The predicted octanol–water partition coefficient (Wildman–Crippen LogP) is 3.64. The largest absolute Gasteiger partial charge is 0.423 e. The minimum absolute atomic E-state index is 0.382. The number of hydrogen-bond acceptors (Lipinski definition) is 3. The molecule has 0 saturated heterocycles. The van der Waals surface area contributed by atoms with E-state index in [1.807, 2.05) is 42.5 Å². The molecule has 0 unspecified atom stereocenters. The van der Waals surface area contributed by atoms with Gasteiger partial charge in [-0.3, -0.25) is 0 Å². The van der Waals surface area contributed by atoms with Crippen LogP contribution in [0.4, 0.5) is 5.69 Å². The number of hydrogen-bond donors (Lipinski definition) is 1. The van der Waals surface area contributed by atoms with Crippen molar-refractivity contribution in [1.29, 1.82) is 0 Å². The van der Waals surface area contributed by atoms with Gasteiger partial charge in [-0.25, -0.2) is 4.79 Å². The average Bonchev–Trinajstić information content (AvgIpc) is 2.49. The quantitative estimate of drug-likeness (QED) is 0.436. The first-order chi connectivity index (χ1) is 9.75. The van der Waals surface area contributed by atoms with Gasteiger partial charge in [0.2, 0.25) is 0 Å². The summed E-state index contributed by atoms with van der Waals surface area (Å²) in [7, 11) is 0. The monoisotopic (exact) mass is 263 g/mol. The molecule has 3 aromatic carbocycles. The lowest BCUT2D eigenvalue weighted by Gasteiger charge is -2.08. The van der Waals surface area contributed by atoms with E-state index < -0.39 is 0 Å². The highest BCUT2D eigenvalue weighted by Gasteiger charge is 2.13. The molecule has 2 N–H and O–H groups in total. The average molecular weight is 263 g/mol. The molecule has 0 fully saturated rings. The summed E-state index contributed by atoms with van der Waals surface area (Å²) in [5.74, 6) is 0.144. The molecule has 0 heterocycles. The Morgan fingerprint density at radius 3 is 2.20 bits per heavy atom. The number of anilines is 1. The molecule has 3 rings (SSSR count). The zero-order chi connectivity index (χ0) is 13.9. The Labute approximate surface area is 116 Å². The van der Waals surface area contributed by atoms with Crippen LogP contribution in [0.5, 0.6) is 5.75 Å². The van der Waals surface area contributed by atoms with Crippen LogP contribution in [0.2, 0.25) is 0 Å². The number of nitrogen functional groups attached to an aromatic ring is 1. The van der Waals surface area contributed by atoms with E-state index in [1.54, 1.807) is 24.3 Å². The summed E-state index contributed by atoms with van der Waals surface area (Å²) in [6.07, 6.45) is 0. The van der Waals surface area contributed by atoms with Crippen LogP contribution in [0, 0.1) is 0 Å². The minimum atomic E-state index is -0.382. The molecule has 98 valence electrons. The Morgan fingerprint density at radius 1 is 0.800 bits per heavy atom. The van der Waals surface area contributed by atoms with Gasteiger partial charge in [0.25, 0.3) is 0 Å². The van der Waals surface area contributed by atoms with E-state index in [4.69, 9.17) is 10.5 Å². The molecule has 3 heteroatoms. The minimum Gasteiger partial charge on any atom is -0.423 e. The zero-order valence-corrected chi connectivity index (χ0v) is 10.7. The van der Waals surface area contributed by atoms with Gasteiger partial charge in [-0.2, -0.15) is 0 Å². The fraction of sp³-hybridized carbons (Fsp3) is 0. The molecule has 0 aliphatic carbocycles. The number of carbonyl (C=O) groups excluding carboxylic acids is 1. The van der Waals surface area contributed by atoms with Crippen molar-refractivity contribution in [2.45, 2.75) is 0 Å². The van der Waals surface area contributed by atoms with E-state index >= 15 is 0 Å². The van der Waals surface area contributed by atoms with Crippen LogP contribution in [0.25, 0.3) is 10.8 Å². The normalized spacial score (nSPS) is 10.4. The third kappa shape index (κ3) is 2.21. The number of carbonyl (C=O) groups is 1. The van der Waals surface area contributed by atoms with Gasteiger partial charge in [0.05, 0.1) is 5.56 Å². The van der Waals surface area contributed by atoms with Crippen LogP contribution in [0.1, 0.15) is 10.4 Å². The number of ether oxygens (including phenoxy) is 1. The lowest BCUT2D eigenvalue weighted by atomic mass is 10.0. The lowest BCUT2D eigenvalue weighted by molar-refractivity contribution is 0.0737. The van der Waals surface area contributed by atoms with Gasteiger partial charge < -0.3 is 10.5 Å². The standard InChI is InChI=1S/C17H13NO2/c18-16-11-10-15(13-8-4-5-9-14(13)16)17(19)20-12-6-2-1-3-7-12/h1-11H,18H2. The molecule has 0 saturated carbocycles. The number of benzene rings is 3. The van der Waals surface area contributed by atoms with Crippen LogP contribution in [-0.2, 0) is 0 Å². The predicted molar refractivity (Wildman–Crippen MR) is 79.8 cm³/mol. The van der Waals surface area contributed by atoms with Crippen LogP contribution < -0.4 is 10.5 Å². The molecule has 0 atom stereocenters. The van der Waals surface area contributed by atoms with Gasteiger partial charge in [-0.1, -0.05) is 42.5 Å².